The van der Waals surface area contributed by atoms with Gasteiger partial charge in [0.15, 0.2) is 0 Å². The second-order valence-electron chi connectivity index (χ2n) is 4.30. The Balaban J connectivity index is 2.26. The molecule has 1 heterocycles. The van der Waals surface area contributed by atoms with Gasteiger partial charge >= 0.3 is 0 Å². The summed E-state index contributed by atoms with van der Waals surface area (Å²) >= 11 is 11.8. The topological polar surface area (TPSA) is 83.5 Å². The maximum atomic E-state index is 13.5. The van der Waals surface area contributed by atoms with Gasteiger partial charge in [0.25, 0.3) is 5.91 Å². The molecule has 2 aromatic rings. The van der Waals surface area contributed by atoms with E-state index in [9.17, 15) is 9.18 Å². The van der Waals surface area contributed by atoms with E-state index < -0.39 is 11.7 Å². The first-order chi connectivity index (χ1) is 11.0. The summed E-state index contributed by atoms with van der Waals surface area (Å²) in [4.78, 5) is 20.8. The van der Waals surface area contributed by atoms with E-state index in [-0.39, 0.29) is 35.3 Å². The minimum atomic E-state index is -0.619. The monoisotopic (exact) mass is 359 g/mol. The molecule has 1 amide bonds. The molecule has 0 spiro atoms. The maximum absolute atomic E-state index is 13.5. The Bertz CT molecular complexity index is 716. The van der Waals surface area contributed by atoms with Crippen LogP contribution in [0.15, 0.2) is 30.5 Å². The zero-order valence-electron chi connectivity index (χ0n) is 11.6. The van der Waals surface area contributed by atoms with E-state index in [0.717, 1.165) is 12.1 Å². The van der Waals surface area contributed by atoms with Crippen molar-refractivity contribution in [3.63, 3.8) is 0 Å². The van der Waals surface area contributed by atoms with Gasteiger partial charge in [0, 0.05) is 6.20 Å². The smallest absolute Gasteiger partial charge is 0.276 e. The standard InChI is InChI=1S/C14H12Cl2FN3O3/c15-8-5-11(16)13(18-7-8)19-12-6-9(17)1-2-10(12)14(22)20-23-4-3-21/h1-2,5-7,21H,3-4H2,(H,18,19)(H,20,22). The SMILES string of the molecule is O=C(NOCCO)c1ccc(F)cc1Nc1ncc(Cl)cc1Cl. The van der Waals surface area contributed by atoms with Crippen LogP contribution in [0.5, 0.6) is 0 Å². The van der Waals surface area contributed by atoms with E-state index in [1.807, 2.05) is 0 Å². The second kappa shape index (κ2) is 8.07. The number of anilines is 2. The highest BCUT2D eigenvalue weighted by Crippen LogP contribution is 2.28. The molecule has 0 saturated heterocycles. The van der Waals surface area contributed by atoms with Crippen LogP contribution in [-0.4, -0.2) is 29.2 Å². The van der Waals surface area contributed by atoms with Crippen LogP contribution in [0.1, 0.15) is 10.4 Å². The van der Waals surface area contributed by atoms with E-state index in [0.29, 0.717) is 5.02 Å². The summed E-state index contributed by atoms with van der Waals surface area (Å²) in [5.74, 6) is -0.955. The van der Waals surface area contributed by atoms with Crippen molar-refractivity contribution >= 4 is 40.6 Å². The van der Waals surface area contributed by atoms with Crippen LogP contribution < -0.4 is 10.8 Å². The van der Waals surface area contributed by atoms with Crippen molar-refractivity contribution in [2.75, 3.05) is 18.5 Å². The largest absolute Gasteiger partial charge is 0.394 e. The lowest BCUT2D eigenvalue weighted by atomic mass is 10.1. The van der Waals surface area contributed by atoms with Crippen LogP contribution in [0.25, 0.3) is 0 Å². The highest BCUT2D eigenvalue weighted by atomic mass is 35.5. The molecule has 0 saturated carbocycles. The molecule has 0 aliphatic rings. The maximum Gasteiger partial charge on any atom is 0.276 e. The molecule has 122 valence electrons. The highest BCUT2D eigenvalue weighted by molar-refractivity contribution is 6.36. The Morgan fingerprint density at radius 3 is 2.83 bits per heavy atom. The molecule has 0 aliphatic heterocycles. The molecule has 0 bridgehead atoms. The van der Waals surface area contributed by atoms with Gasteiger partial charge in [-0.1, -0.05) is 23.2 Å². The van der Waals surface area contributed by atoms with Crippen LogP contribution in [0.4, 0.5) is 15.9 Å². The molecular weight excluding hydrogens is 348 g/mol. The summed E-state index contributed by atoms with van der Waals surface area (Å²) in [6.07, 6.45) is 1.36. The van der Waals surface area contributed by atoms with Crippen LogP contribution in [0.2, 0.25) is 10.0 Å². The molecule has 1 aromatic carbocycles. The van der Waals surface area contributed by atoms with Crippen molar-refractivity contribution in [3.8, 4) is 0 Å². The third-order valence-electron chi connectivity index (χ3n) is 2.65. The average Bonchev–Trinajstić information content (AvgIpc) is 2.50. The van der Waals surface area contributed by atoms with Gasteiger partial charge in [0.2, 0.25) is 0 Å². The zero-order valence-corrected chi connectivity index (χ0v) is 13.2. The van der Waals surface area contributed by atoms with E-state index in [1.54, 1.807) is 0 Å². The first kappa shape index (κ1) is 17.4. The third-order valence-corrected chi connectivity index (χ3v) is 3.14. The lowest BCUT2D eigenvalue weighted by Gasteiger charge is -2.12. The number of nitrogens with zero attached hydrogens (tertiary/aromatic N) is 1. The number of carbonyl (C=O) groups excluding carboxylic acids is 1. The van der Waals surface area contributed by atoms with Crippen LogP contribution >= 0.6 is 23.2 Å². The quantitative estimate of drug-likeness (QED) is 0.545. The Kier molecular flexibility index (Phi) is 6.12. The molecule has 9 heteroatoms. The first-order valence-corrected chi connectivity index (χ1v) is 7.17. The van der Waals surface area contributed by atoms with Gasteiger partial charge in [-0.15, -0.1) is 0 Å². The molecular formula is C14H12Cl2FN3O3. The molecule has 2 rings (SSSR count). The predicted octanol–water partition coefficient (Wildman–Crippen LogP) is 2.92. The number of aliphatic hydroxyl groups excluding tert-OH is 1. The Hall–Kier alpha value is -1.93. The van der Waals surface area contributed by atoms with Crippen molar-refractivity contribution in [1.82, 2.24) is 10.5 Å². The number of benzene rings is 1. The predicted molar refractivity (Wildman–Crippen MR) is 84.4 cm³/mol. The first-order valence-electron chi connectivity index (χ1n) is 6.42. The summed E-state index contributed by atoms with van der Waals surface area (Å²) in [7, 11) is 0. The molecule has 0 radical (unpaired) electrons. The number of rotatable bonds is 6. The second-order valence-corrected chi connectivity index (χ2v) is 5.15. The number of halogens is 3. The van der Waals surface area contributed by atoms with Gasteiger partial charge in [-0.2, -0.15) is 0 Å². The lowest BCUT2D eigenvalue weighted by Crippen LogP contribution is -2.26. The summed E-state index contributed by atoms with van der Waals surface area (Å²) in [5.41, 5.74) is 2.39. The minimum Gasteiger partial charge on any atom is -0.394 e. The van der Waals surface area contributed by atoms with Gasteiger partial charge < -0.3 is 10.4 Å². The Labute approximate surface area is 141 Å². The number of aliphatic hydroxyl groups is 1. The van der Waals surface area contributed by atoms with Crippen molar-refractivity contribution in [2.24, 2.45) is 0 Å². The summed E-state index contributed by atoms with van der Waals surface area (Å²) in [5, 5.41) is 11.9. The van der Waals surface area contributed by atoms with E-state index in [2.05, 4.69) is 15.8 Å². The molecule has 1 aromatic heterocycles. The van der Waals surface area contributed by atoms with Crippen molar-refractivity contribution < 1.29 is 19.1 Å². The van der Waals surface area contributed by atoms with Gasteiger partial charge in [0.05, 0.1) is 34.5 Å². The average molecular weight is 360 g/mol. The molecule has 23 heavy (non-hydrogen) atoms. The number of aromatic nitrogens is 1. The molecule has 3 N–H and O–H groups in total. The number of hydrogen-bond acceptors (Lipinski definition) is 5. The van der Waals surface area contributed by atoms with Gasteiger partial charge in [-0.3, -0.25) is 9.63 Å². The number of carbonyl (C=O) groups is 1. The number of amides is 1. The fourth-order valence-corrected chi connectivity index (χ4v) is 2.10. The minimum absolute atomic E-state index is 0.0692. The third kappa shape index (κ3) is 4.77. The van der Waals surface area contributed by atoms with Crippen molar-refractivity contribution in [3.05, 3.63) is 51.9 Å². The highest BCUT2D eigenvalue weighted by Gasteiger charge is 2.14. The number of hydrogen-bond donors (Lipinski definition) is 3. The van der Waals surface area contributed by atoms with Crippen LogP contribution in [0, 0.1) is 5.82 Å². The fourth-order valence-electron chi connectivity index (χ4n) is 1.67. The van der Waals surface area contributed by atoms with Gasteiger partial charge in [-0.05, 0) is 24.3 Å². The lowest BCUT2D eigenvalue weighted by molar-refractivity contribution is 0.0169. The Morgan fingerprint density at radius 2 is 2.13 bits per heavy atom. The van der Waals surface area contributed by atoms with Crippen LogP contribution in [0.3, 0.4) is 0 Å². The van der Waals surface area contributed by atoms with Gasteiger partial charge in [0.1, 0.15) is 11.6 Å². The molecule has 0 atom stereocenters. The summed E-state index contributed by atoms with van der Waals surface area (Å²) < 4.78 is 13.5. The molecule has 0 unspecified atom stereocenters. The number of nitrogens with one attached hydrogen (secondary N) is 2. The van der Waals surface area contributed by atoms with E-state index in [4.69, 9.17) is 33.1 Å². The zero-order chi connectivity index (χ0) is 16.8. The molecule has 0 fully saturated rings. The van der Waals surface area contributed by atoms with Crippen LogP contribution in [-0.2, 0) is 4.84 Å². The van der Waals surface area contributed by atoms with Crippen molar-refractivity contribution in [2.45, 2.75) is 0 Å². The number of hydroxylamine groups is 1. The number of pyridine rings is 1. The summed E-state index contributed by atoms with van der Waals surface area (Å²) in [6.45, 7) is -0.320. The van der Waals surface area contributed by atoms with Crippen molar-refractivity contribution in [1.29, 1.82) is 0 Å². The fraction of sp³-hybridized carbons (Fsp3) is 0.143. The molecule has 0 aliphatic carbocycles. The van der Waals surface area contributed by atoms with E-state index >= 15 is 0 Å². The van der Waals surface area contributed by atoms with Gasteiger partial charge in [-0.25, -0.2) is 14.9 Å². The normalized spacial score (nSPS) is 10.4. The Morgan fingerprint density at radius 1 is 1.35 bits per heavy atom. The van der Waals surface area contributed by atoms with E-state index in [1.165, 1.54) is 18.3 Å². The molecule has 6 nitrogen and oxygen atoms in total. The summed E-state index contributed by atoms with van der Waals surface area (Å²) in [6, 6.07) is 4.98.